The number of carbonyl (C=O) groups is 1. The van der Waals surface area contributed by atoms with Crippen molar-refractivity contribution in [3.63, 3.8) is 0 Å². The number of aromatic nitrogens is 2. The molecule has 0 spiro atoms. The number of anilines is 1. The van der Waals surface area contributed by atoms with Crippen LogP contribution in [0.1, 0.15) is 36.0 Å². The average Bonchev–Trinajstić information content (AvgIpc) is 2.98. The fourth-order valence-corrected chi connectivity index (χ4v) is 4.23. The highest BCUT2D eigenvalue weighted by Gasteiger charge is 2.21. The van der Waals surface area contributed by atoms with Crippen LogP contribution in [0.2, 0.25) is 0 Å². The molecule has 1 aliphatic rings. The van der Waals surface area contributed by atoms with Gasteiger partial charge in [-0.25, -0.2) is 4.98 Å². The van der Waals surface area contributed by atoms with Crippen LogP contribution < -0.4 is 10.1 Å². The van der Waals surface area contributed by atoms with Crippen molar-refractivity contribution in [1.29, 1.82) is 0 Å². The highest BCUT2D eigenvalue weighted by molar-refractivity contribution is 7.15. The number of hydrogen-bond acceptors (Lipinski definition) is 6. The second kappa shape index (κ2) is 8.60. The SMILES string of the molecule is CC(=O)Nc1ncc(CN2CCC[C@@H](COc3cc(C)nc(C)c3)C2)s1. The normalized spacial score (nSPS) is 17.9. The second-order valence-electron chi connectivity index (χ2n) is 6.95. The lowest BCUT2D eigenvalue weighted by molar-refractivity contribution is -0.114. The maximum atomic E-state index is 11.1. The lowest BCUT2D eigenvalue weighted by Gasteiger charge is -2.32. The molecule has 3 rings (SSSR count). The molecule has 7 heteroatoms. The molecule has 2 aromatic heterocycles. The van der Waals surface area contributed by atoms with E-state index in [1.54, 1.807) is 11.3 Å². The van der Waals surface area contributed by atoms with E-state index in [-0.39, 0.29) is 5.91 Å². The van der Waals surface area contributed by atoms with Gasteiger partial charge in [-0.2, -0.15) is 0 Å². The summed E-state index contributed by atoms with van der Waals surface area (Å²) in [6, 6.07) is 3.99. The lowest BCUT2D eigenvalue weighted by Crippen LogP contribution is -2.37. The number of nitrogens with zero attached hydrogens (tertiary/aromatic N) is 3. The number of thiazole rings is 1. The predicted molar refractivity (Wildman–Crippen MR) is 104 cm³/mol. The number of carbonyl (C=O) groups excluding carboxylic acids is 1. The number of amides is 1. The Kier molecular flexibility index (Phi) is 6.21. The first-order valence-electron chi connectivity index (χ1n) is 9.00. The molecule has 2 aromatic rings. The van der Waals surface area contributed by atoms with Crippen molar-refractivity contribution >= 4 is 22.4 Å². The minimum absolute atomic E-state index is 0.0809. The van der Waals surface area contributed by atoms with Gasteiger partial charge in [-0.15, -0.1) is 11.3 Å². The largest absolute Gasteiger partial charge is 0.493 e. The van der Waals surface area contributed by atoms with Gasteiger partial charge in [-0.05, 0) is 33.2 Å². The third kappa shape index (κ3) is 5.51. The third-order valence-corrected chi connectivity index (χ3v) is 5.26. The van der Waals surface area contributed by atoms with Crippen LogP contribution in [0.25, 0.3) is 0 Å². The Hall–Kier alpha value is -1.99. The van der Waals surface area contributed by atoms with Gasteiger partial charge >= 0.3 is 0 Å². The van der Waals surface area contributed by atoms with Crippen molar-refractivity contribution in [3.8, 4) is 5.75 Å². The Morgan fingerprint density at radius 1 is 1.38 bits per heavy atom. The van der Waals surface area contributed by atoms with Crippen molar-refractivity contribution < 1.29 is 9.53 Å². The number of piperidine rings is 1. The molecule has 6 nitrogen and oxygen atoms in total. The van der Waals surface area contributed by atoms with Gasteiger partial charge in [0.2, 0.25) is 5.91 Å². The fourth-order valence-electron chi connectivity index (χ4n) is 3.33. The zero-order chi connectivity index (χ0) is 18.5. The summed E-state index contributed by atoms with van der Waals surface area (Å²) >= 11 is 1.55. The van der Waals surface area contributed by atoms with Crippen molar-refractivity contribution in [2.45, 2.75) is 40.2 Å². The monoisotopic (exact) mass is 374 g/mol. The predicted octanol–water partition coefficient (Wildman–Crippen LogP) is 3.40. The topological polar surface area (TPSA) is 67.4 Å². The highest BCUT2D eigenvalue weighted by atomic mass is 32.1. The number of likely N-dealkylation sites (tertiary alicyclic amines) is 1. The molecule has 1 saturated heterocycles. The van der Waals surface area contributed by atoms with Gasteiger partial charge in [0.1, 0.15) is 5.75 Å². The fraction of sp³-hybridized carbons (Fsp3) is 0.526. The summed E-state index contributed by atoms with van der Waals surface area (Å²) in [6.07, 6.45) is 4.23. The van der Waals surface area contributed by atoms with E-state index in [0.717, 1.165) is 43.4 Å². The lowest BCUT2D eigenvalue weighted by atomic mass is 9.99. The van der Waals surface area contributed by atoms with Crippen LogP contribution >= 0.6 is 11.3 Å². The van der Waals surface area contributed by atoms with E-state index in [0.29, 0.717) is 11.0 Å². The number of pyridine rings is 1. The molecule has 1 amide bonds. The molecule has 26 heavy (non-hydrogen) atoms. The van der Waals surface area contributed by atoms with E-state index in [1.165, 1.54) is 24.6 Å². The molecule has 0 unspecified atom stereocenters. The molecular formula is C19H26N4O2S. The van der Waals surface area contributed by atoms with E-state index in [2.05, 4.69) is 20.2 Å². The van der Waals surface area contributed by atoms with Crippen LogP contribution in [-0.2, 0) is 11.3 Å². The minimum Gasteiger partial charge on any atom is -0.493 e. The van der Waals surface area contributed by atoms with E-state index in [1.807, 2.05) is 32.2 Å². The van der Waals surface area contributed by atoms with Crippen LogP contribution in [0, 0.1) is 19.8 Å². The molecule has 3 heterocycles. The molecule has 0 saturated carbocycles. The minimum atomic E-state index is -0.0809. The van der Waals surface area contributed by atoms with E-state index < -0.39 is 0 Å². The number of aryl methyl sites for hydroxylation is 2. The summed E-state index contributed by atoms with van der Waals surface area (Å²) in [7, 11) is 0. The second-order valence-corrected chi connectivity index (χ2v) is 8.07. The quantitative estimate of drug-likeness (QED) is 0.839. The van der Waals surface area contributed by atoms with E-state index in [9.17, 15) is 4.79 Å². The highest BCUT2D eigenvalue weighted by Crippen LogP contribution is 2.24. The van der Waals surface area contributed by atoms with Crippen molar-refractivity contribution in [2.75, 3.05) is 25.0 Å². The van der Waals surface area contributed by atoms with E-state index in [4.69, 9.17) is 4.74 Å². The van der Waals surface area contributed by atoms with Crippen LogP contribution in [-0.4, -0.2) is 40.5 Å². The summed E-state index contributed by atoms with van der Waals surface area (Å²) in [5.74, 6) is 1.36. The number of rotatable bonds is 6. The molecule has 0 aliphatic carbocycles. The Morgan fingerprint density at radius 2 is 2.15 bits per heavy atom. The van der Waals surface area contributed by atoms with Gasteiger partial charge in [0, 0.05) is 60.5 Å². The third-order valence-electron chi connectivity index (χ3n) is 4.36. The summed E-state index contributed by atoms with van der Waals surface area (Å²) in [5.41, 5.74) is 1.98. The molecule has 0 bridgehead atoms. The van der Waals surface area contributed by atoms with Gasteiger partial charge in [-0.1, -0.05) is 0 Å². The smallest absolute Gasteiger partial charge is 0.223 e. The molecule has 1 aliphatic heterocycles. The van der Waals surface area contributed by atoms with Crippen LogP contribution in [0.3, 0.4) is 0 Å². The molecule has 0 aromatic carbocycles. The zero-order valence-electron chi connectivity index (χ0n) is 15.6. The van der Waals surface area contributed by atoms with Crippen LogP contribution in [0.4, 0.5) is 5.13 Å². The Labute approximate surface area is 158 Å². The standard InChI is InChI=1S/C19H26N4O2S/c1-13-7-17(8-14(2)21-13)25-12-16-5-4-6-23(10-16)11-18-9-20-19(26-18)22-15(3)24/h7-9,16H,4-6,10-12H2,1-3H3,(H,20,22,24)/t16-/m1/s1. The molecule has 1 atom stereocenters. The molecule has 0 radical (unpaired) electrons. The van der Waals surface area contributed by atoms with Gasteiger partial charge in [0.25, 0.3) is 0 Å². The van der Waals surface area contributed by atoms with Crippen molar-refractivity contribution in [3.05, 3.63) is 34.6 Å². The van der Waals surface area contributed by atoms with Gasteiger partial charge < -0.3 is 10.1 Å². The molecule has 1 N–H and O–H groups in total. The summed E-state index contributed by atoms with van der Waals surface area (Å²) in [6.45, 7) is 9.22. The van der Waals surface area contributed by atoms with Crippen molar-refractivity contribution in [1.82, 2.24) is 14.9 Å². The van der Waals surface area contributed by atoms with Crippen LogP contribution in [0.15, 0.2) is 18.3 Å². The first kappa shape index (κ1) is 18.8. The first-order valence-corrected chi connectivity index (χ1v) is 9.82. The first-order chi connectivity index (χ1) is 12.5. The van der Waals surface area contributed by atoms with Crippen LogP contribution in [0.5, 0.6) is 5.75 Å². The van der Waals surface area contributed by atoms with Gasteiger partial charge in [0.05, 0.1) is 6.61 Å². The van der Waals surface area contributed by atoms with Crippen molar-refractivity contribution in [2.24, 2.45) is 5.92 Å². The Bertz CT molecular complexity index is 741. The molecule has 1 fully saturated rings. The Balaban J connectivity index is 1.50. The number of hydrogen-bond donors (Lipinski definition) is 1. The average molecular weight is 375 g/mol. The Morgan fingerprint density at radius 3 is 2.88 bits per heavy atom. The number of ether oxygens (including phenoxy) is 1. The summed E-state index contributed by atoms with van der Waals surface area (Å²) in [4.78, 5) is 23.4. The molecular weight excluding hydrogens is 348 g/mol. The maximum absolute atomic E-state index is 11.1. The summed E-state index contributed by atoms with van der Waals surface area (Å²) in [5, 5.41) is 3.42. The maximum Gasteiger partial charge on any atom is 0.223 e. The van der Waals surface area contributed by atoms with Gasteiger partial charge in [-0.3, -0.25) is 14.7 Å². The molecule has 140 valence electrons. The van der Waals surface area contributed by atoms with E-state index >= 15 is 0 Å². The summed E-state index contributed by atoms with van der Waals surface area (Å²) < 4.78 is 6.03. The number of nitrogens with one attached hydrogen (secondary N) is 1. The zero-order valence-corrected chi connectivity index (χ0v) is 16.4. The van der Waals surface area contributed by atoms with Gasteiger partial charge in [0.15, 0.2) is 5.13 Å².